The summed E-state index contributed by atoms with van der Waals surface area (Å²) in [5.74, 6) is 0.993. The van der Waals surface area contributed by atoms with Gasteiger partial charge in [0.2, 0.25) is 5.91 Å². The Labute approximate surface area is 171 Å². The fraction of sp³-hybridized carbons (Fsp3) is 0.348. The number of pyridine rings is 2. The maximum Gasteiger partial charge on any atom is 0.228 e. The Hall–Kier alpha value is -2.99. The van der Waals surface area contributed by atoms with Gasteiger partial charge in [0.25, 0.3) is 0 Å². The van der Waals surface area contributed by atoms with Crippen molar-refractivity contribution in [2.45, 2.75) is 20.3 Å². The van der Waals surface area contributed by atoms with Crippen molar-refractivity contribution in [1.29, 1.82) is 0 Å². The molecule has 0 spiro atoms. The van der Waals surface area contributed by atoms with Crippen molar-refractivity contribution in [3.63, 3.8) is 0 Å². The normalized spacial score (nSPS) is 14.9. The van der Waals surface area contributed by atoms with E-state index in [4.69, 9.17) is 4.98 Å². The van der Waals surface area contributed by atoms with Gasteiger partial charge in [0.05, 0.1) is 11.9 Å². The van der Waals surface area contributed by atoms with Crippen LogP contribution in [0.5, 0.6) is 0 Å². The molecular weight excluding hydrogens is 362 g/mol. The van der Waals surface area contributed by atoms with Crippen LogP contribution < -0.4 is 10.2 Å². The molecule has 1 N–H and O–H groups in total. The topological polar surface area (TPSA) is 61.4 Å². The molecule has 6 heteroatoms. The summed E-state index contributed by atoms with van der Waals surface area (Å²) in [6.45, 7) is 9.60. The average molecular weight is 390 g/mol. The molecule has 0 atom stereocenters. The van der Waals surface area contributed by atoms with Crippen molar-refractivity contribution in [2.24, 2.45) is 0 Å². The second-order valence-corrected chi connectivity index (χ2v) is 7.54. The molecule has 150 valence electrons. The fourth-order valence-electron chi connectivity index (χ4n) is 3.80. The first kappa shape index (κ1) is 19.3. The number of hydrogen-bond acceptors (Lipinski definition) is 5. The fourth-order valence-corrected chi connectivity index (χ4v) is 3.80. The van der Waals surface area contributed by atoms with Crippen molar-refractivity contribution in [3.05, 3.63) is 59.9 Å². The van der Waals surface area contributed by atoms with E-state index in [1.807, 2.05) is 30.3 Å². The summed E-state index contributed by atoms with van der Waals surface area (Å²) in [7, 11) is 0. The van der Waals surface area contributed by atoms with Crippen LogP contribution in [0.4, 0.5) is 11.5 Å². The van der Waals surface area contributed by atoms with Crippen LogP contribution in [-0.2, 0) is 11.2 Å². The third kappa shape index (κ3) is 4.54. The molecule has 3 heterocycles. The van der Waals surface area contributed by atoms with Gasteiger partial charge in [-0.1, -0.05) is 13.0 Å². The van der Waals surface area contributed by atoms with E-state index in [1.54, 1.807) is 12.4 Å². The van der Waals surface area contributed by atoms with Crippen molar-refractivity contribution in [3.8, 4) is 0 Å². The molecule has 6 nitrogen and oxygen atoms in total. The number of benzene rings is 1. The van der Waals surface area contributed by atoms with Crippen LogP contribution in [0.15, 0.2) is 48.8 Å². The number of carbonyl (C=O) groups excluding carboxylic acids is 1. The van der Waals surface area contributed by atoms with E-state index >= 15 is 0 Å². The number of fused-ring (bicyclic) bond motifs is 1. The van der Waals surface area contributed by atoms with Crippen LogP contribution in [0.25, 0.3) is 10.9 Å². The molecule has 2 aromatic heterocycles. The first-order chi connectivity index (χ1) is 14.1. The van der Waals surface area contributed by atoms with Crippen molar-refractivity contribution >= 4 is 28.3 Å². The van der Waals surface area contributed by atoms with Gasteiger partial charge < -0.3 is 15.1 Å². The Morgan fingerprint density at radius 1 is 1.14 bits per heavy atom. The second kappa shape index (κ2) is 8.57. The number of piperazine rings is 1. The Balaban J connectivity index is 1.49. The third-order valence-electron chi connectivity index (χ3n) is 5.52. The largest absolute Gasteiger partial charge is 0.354 e. The highest BCUT2D eigenvalue weighted by atomic mass is 16.1. The summed E-state index contributed by atoms with van der Waals surface area (Å²) >= 11 is 0. The van der Waals surface area contributed by atoms with E-state index in [2.05, 4.69) is 40.0 Å². The highest BCUT2D eigenvalue weighted by Gasteiger charge is 2.18. The van der Waals surface area contributed by atoms with Crippen LogP contribution in [0.1, 0.15) is 18.1 Å². The SMILES string of the molecule is CCN1CCN(c2cc(C)c3cc(NC(=O)Cc4cccnc4)ccc3n2)CC1. The zero-order chi connectivity index (χ0) is 20.2. The molecule has 0 saturated carbocycles. The molecule has 0 unspecified atom stereocenters. The molecule has 0 aliphatic carbocycles. The first-order valence-corrected chi connectivity index (χ1v) is 10.2. The van der Waals surface area contributed by atoms with Gasteiger partial charge in [-0.2, -0.15) is 0 Å². The molecular formula is C23H27N5O. The van der Waals surface area contributed by atoms with E-state index in [0.29, 0.717) is 6.42 Å². The molecule has 1 aliphatic heterocycles. The van der Waals surface area contributed by atoms with Crippen LogP contribution >= 0.6 is 0 Å². The number of likely N-dealkylation sites (N-methyl/N-ethyl adjacent to an activating group) is 1. The standard InChI is InChI=1S/C23H27N5O/c1-3-27-9-11-28(12-10-27)22-13-17(2)20-15-19(6-7-21(20)26-22)25-23(29)14-18-5-4-8-24-16-18/h4-8,13,15-16H,3,9-12,14H2,1-2H3,(H,25,29). The van der Waals surface area contributed by atoms with Crippen LogP contribution in [0.3, 0.4) is 0 Å². The zero-order valence-electron chi connectivity index (χ0n) is 17.1. The first-order valence-electron chi connectivity index (χ1n) is 10.2. The average Bonchev–Trinajstić information content (AvgIpc) is 2.75. The molecule has 4 rings (SSSR count). The number of amides is 1. The number of anilines is 2. The quantitative estimate of drug-likeness (QED) is 0.726. The molecule has 1 saturated heterocycles. The summed E-state index contributed by atoms with van der Waals surface area (Å²) in [5.41, 5.74) is 3.83. The van der Waals surface area contributed by atoms with Crippen molar-refractivity contribution in [1.82, 2.24) is 14.9 Å². The lowest BCUT2D eigenvalue weighted by molar-refractivity contribution is -0.115. The summed E-state index contributed by atoms with van der Waals surface area (Å²) in [6.07, 6.45) is 3.74. The van der Waals surface area contributed by atoms with E-state index in [1.165, 1.54) is 5.56 Å². The molecule has 3 aromatic rings. The minimum Gasteiger partial charge on any atom is -0.354 e. The maximum absolute atomic E-state index is 12.3. The highest BCUT2D eigenvalue weighted by molar-refractivity contribution is 5.95. The number of aromatic nitrogens is 2. The minimum atomic E-state index is -0.0478. The smallest absolute Gasteiger partial charge is 0.228 e. The summed E-state index contributed by atoms with van der Waals surface area (Å²) < 4.78 is 0. The van der Waals surface area contributed by atoms with Crippen molar-refractivity contribution < 1.29 is 4.79 Å². The lowest BCUT2D eigenvalue weighted by atomic mass is 10.1. The van der Waals surface area contributed by atoms with Crippen molar-refractivity contribution in [2.75, 3.05) is 42.9 Å². The van der Waals surface area contributed by atoms with E-state index in [0.717, 1.165) is 60.7 Å². The van der Waals surface area contributed by atoms with Gasteiger partial charge in [-0.15, -0.1) is 0 Å². The van der Waals surface area contributed by atoms with Gasteiger partial charge >= 0.3 is 0 Å². The Morgan fingerprint density at radius 3 is 2.69 bits per heavy atom. The molecule has 1 fully saturated rings. The lowest BCUT2D eigenvalue weighted by Crippen LogP contribution is -2.46. The van der Waals surface area contributed by atoms with Gasteiger partial charge in [-0.05, 0) is 54.9 Å². The second-order valence-electron chi connectivity index (χ2n) is 7.54. The Bertz CT molecular complexity index is 997. The van der Waals surface area contributed by atoms with Crippen LogP contribution in [0.2, 0.25) is 0 Å². The van der Waals surface area contributed by atoms with E-state index in [9.17, 15) is 4.79 Å². The predicted molar refractivity (Wildman–Crippen MR) is 117 cm³/mol. The molecule has 0 bridgehead atoms. The summed E-state index contributed by atoms with van der Waals surface area (Å²) in [5, 5.41) is 4.06. The number of hydrogen-bond donors (Lipinski definition) is 1. The summed E-state index contributed by atoms with van der Waals surface area (Å²) in [4.78, 5) is 26.1. The number of nitrogens with one attached hydrogen (secondary N) is 1. The highest BCUT2D eigenvalue weighted by Crippen LogP contribution is 2.26. The number of nitrogens with zero attached hydrogens (tertiary/aromatic N) is 4. The van der Waals surface area contributed by atoms with Gasteiger partial charge in [0.1, 0.15) is 5.82 Å². The van der Waals surface area contributed by atoms with Crippen LogP contribution in [-0.4, -0.2) is 53.5 Å². The molecule has 1 amide bonds. The molecule has 0 radical (unpaired) electrons. The van der Waals surface area contributed by atoms with Gasteiger partial charge in [-0.3, -0.25) is 9.78 Å². The lowest BCUT2D eigenvalue weighted by Gasteiger charge is -2.35. The maximum atomic E-state index is 12.3. The Morgan fingerprint density at radius 2 is 1.97 bits per heavy atom. The molecule has 29 heavy (non-hydrogen) atoms. The zero-order valence-corrected chi connectivity index (χ0v) is 17.1. The summed E-state index contributed by atoms with van der Waals surface area (Å²) in [6, 6.07) is 11.8. The van der Waals surface area contributed by atoms with Gasteiger partial charge in [0.15, 0.2) is 0 Å². The predicted octanol–water partition coefficient (Wildman–Crippen LogP) is 3.26. The monoisotopic (exact) mass is 389 g/mol. The number of aryl methyl sites for hydroxylation is 1. The Kier molecular flexibility index (Phi) is 5.71. The minimum absolute atomic E-state index is 0.0478. The van der Waals surface area contributed by atoms with Gasteiger partial charge in [-0.25, -0.2) is 4.98 Å². The van der Waals surface area contributed by atoms with Gasteiger partial charge in [0, 0.05) is 49.6 Å². The van der Waals surface area contributed by atoms with E-state index < -0.39 is 0 Å². The molecule has 1 aliphatic rings. The van der Waals surface area contributed by atoms with Crippen LogP contribution in [0, 0.1) is 6.92 Å². The van der Waals surface area contributed by atoms with E-state index in [-0.39, 0.29) is 5.91 Å². The number of rotatable bonds is 5. The molecule has 1 aromatic carbocycles. The third-order valence-corrected chi connectivity index (χ3v) is 5.52. The number of carbonyl (C=O) groups is 1.